The number of nitrogens with zero attached hydrogens (tertiary/aromatic N) is 3. The standard InChI is InChI=1S/C17H17N5O3S/c1-22-16-12(10-19-22)9-18-17-14(16)8-15(21-17)11-3-2-4-13(7-11)26(24,25)20-5-6-23/h2-4,7-10,19-20,23H,5-6H2,1H3. The number of sulfonamides is 1. The first-order valence-electron chi connectivity index (χ1n) is 8.00. The van der Waals surface area contributed by atoms with Crippen LogP contribution in [0, 0.1) is 0 Å². The van der Waals surface area contributed by atoms with E-state index in [0.29, 0.717) is 16.9 Å². The van der Waals surface area contributed by atoms with Gasteiger partial charge in [-0.25, -0.2) is 23.1 Å². The minimum atomic E-state index is -3.68. The molecule has 3 heterocycles. The maximum atomic E-state index is 12.3. The second-order valence-electron chi connectivity index (χ2n) is 5.92. The highest BCUT2D eigenvalue weighted by Crippen LogP contribution is 2.29. The van der Waals surface area contributed by atoms with Gasteiger partial charge in [0, 0.05) is 42.3 Å². The molecule has 0 atom stereocenters. The summed E-state index contributed by atoms with van der Waals surface area (Å²) in [5.41, 5.74) is 2.93. The number of aromatic nitrogens is 4. The number of aliphatic hydroxyl groups is 1. The van der Waals surface area contributed by atoms with Crippen LogP contribution in [0.1, 0.15) is 0 Å². The molecule has 0 radical (unpaired) electrons. The highest BCUT2D eigenvalue weighted by Gasteiger charge is 2.16. The summed E-state index contributed by atoms with van der Waals surface area (Å²) in [5, 5.41) is 13.8. The number of nitrogens with one attached hydrogen (secondary N) is 2. The van der Waals surface area contributed by atoms with Crippen molar-refractivity contribution in [1.82, 2.24) is 24.5 Å². The normalized spacial score (nSPS) is 12.2. The Balaban J connectivity index is 1.82. The van der Waals surface area contributed by atoms with Gasteiger partial charge in [-0.2, -0.15) is 0 Å². The van der Waals surface area contributed by atoms with Crippen LogP contribution in [-0.2, 0) is 17.1 Å². The first-order chi connectivity index (χ1) is 12.5. The van der Waals surface area contributed by atoms with E-state index in [0.717, 1.165) is 16.3 Å². The third kappa shape index (κ3) is 2.75. The van der Waals surface area contributed by atoms with E-state index in [9.17, 15) is 8.42 Å². The van der Waals surface area contributed by atoms with Crippen molar-refractivity contribution < 1.29 is 13.5 Å². The van der Waals surface area contributed by atoms with Crippen LogP contribution in [0.2, 0.25) is 0 Å². The number of aryl methyl sites for hydroxylation is 1. The average molecular weight is 371 g/mol. The lowest BCUT2D eigenvalue weighted by Gasteiger charge is -2.06. The molecule has 3 N–H and O–H groups in total. The zero-order valence-corrected chi connectivity index (χ0v) is 14.8. The summed E-state index contributed by atoms with van der Waals surface area (Å²) >= 11 is 0. The van der Waals surface area contributed by atoms with Crippen LogP contribution in [0.4, 0.5) is 0 Å². The molecule has 4 aromatic rings. The highest BCUT2D eigenvalue weighted by molar-refractivity contribution is 7.89. The molecule has 4 rings (SSSR count). The van der Waals surface area contributed by atoms with Crippen molar-refractivity contribution >= 4 is 32.0 Å². The van der Waals surface area contributed by atoms with Crippen molar-refractivity contribution in [1.29, 1.82) is 0 Å². The number of H-pyrrole nitrogens is 1. The molecule has 0 saturated carbocycles. The molecule has 9 heteroatoms. The Labute approximate surface area is 149 Å². The van der Waals surface area contributed by atoms with Crippen LogP contribution in [0.25, 0.3) is 33.2 Å². The van der Waals surface area contributed by atoms with Crippen molar-refractivity contribution in [3.8, 4) is 11.3 Å². The predicted octanol–water partition coefficient (Wildman–Crippen LogP) is 1.39. The molecule has 0 aliphatic rings. The number of fused-ring (bicyclic) bond motifs is 3. The van der Waals surface area contributed by atoms with Gasteiger partial charge in [0.15, 0.2) is 5.65 Å². The van der Waals surface area contributed by atoms with Crippen molar-refractivity contribution in [2.24, 2.45) is 7.05 Å². The number of hydrogen-bond donors (Lipinski definition) is 3. The molecule has 0 bridgehead atoms. The quantitative estimate of drug-likeness (QED) is 0.491. The maximum Gasteiger partial charge on any atom is 0.240 e. The second kappa shape index (κ2) is 6.20. The van der Waals surface area contributed by atoms with Gasteiger partial charge < -0.3 is 10.2 Å². The molecule has 1 aromatic carbocycles. The largest absolute Gasteiger partial charge is 0.395 e. The fraction of sp³-hybridized carbons (Fsp3) is 0.176. The van der Waals surface area contributed by atoms with Crippen LogP contribution < -0.4 is 4.72 Å². The molecule has 0 unspecified atom stereocenters. The second-order valence-corrected chi connectivity index (χ2v) is 7.69. The lowest BCUT2D eigenvalue weighted by atomic mass is 10.1. The SMILES string of the molecule is Cn1[nH]cc2cnc3nc(-c4cccc(S(=O)(=O)NCCO)c4)cc3c21. The number of rotatable bonds is 5. The van der Waals surface area contributed by atoms with E-state index in [-0.39, 0.29) is 18.0 Å². The fourth-order valence-electron chi connectivity index (χ4n) is 2.97. The molecule has 0 spiro atoms. The van der Waals surface area contributed by atoms with Gasteiger partial charge >= 0.3 is 0 Å². The van der Waals surface area contributed by atoms with Gasteiger partial charge in [-0.05, 0) is 18.2 Å². The van der Waals surface area contributed by atoms with Crippen molar-refractivity contribution in [3.05, 3.63) is 42.7 Å². The fourth-order valence-corrected chi connectivity index (χ4v) is 4.04. The number of pyridine rings is 1. The topological polar surface area (TPSA) is 113 Å². The van der Waals surface area contributed by atoms with Crippen LogP contribution in [0.15, 0.2) is 47.6 Å². The van der Waals surface area contributed by atoms with Crippen molar-refractivity contribution in [3.63, 3.8) is 0 Å². The Bertz CT molecular complexity index is 1210. The summed E-state index contributed by atoms with van der Waals surface area (Å²) in [7, 11) is -1.77. The van der Waals surface area contributed by atoms with E-state index >= 15 is 0 Å². The summed E-state index contributed by atoms with van der Waals surface area (Å²) in [6.45, 7) is -0.291. The van der Waals surface area contributed by atoms with Gasteiger partial charge in [-0.15, -0.1) is 0 Å². The number of hydrogen-bond acceptors (Lipinski definition) is 5. The van der Waals surface area contributed by atoms with Gasteiger partial charge in [0.05, 0.1) is 22.7 Å². The third-order valence-electron chi connectivity index (χ3n) is 4.20. The monoisotopic (exact) mass is 371 g/mol. The molecule has 0 aliphatic carbocycles. The van der Waals surface area contributed by atoms with Crippen LogP contribution in [0.5, 0.6) is 0 Å². The molecule has 0 amide bonds. The average Bonchev–Trinajstić information content (AvgIpc) is 3.23. The predicted molar refractivity (Wildman–Crippen MR) is 98.1 cm³/mol. The van der Waals surface area contributed by atoms with E-state index in [1.807, 2.05) is 24.0 Å². The lowest BCUT2D eigenvalue weighted by Crippen LogP contribution is -2.26. The highest BCUT2D eigenvalue weighted by atomic mass is 32.2. The molecule has 26 heavy (non-hydrogen) atoms. The van der Waals surface area contributed by atoms with Gasteiger partial charge in [0.1, 0.15) is 0 Å². The van der Waals surface area contributed by atoms with Gasteiger partial charge in [0.25, 0.3) is 0 Å². The maximum absolute atomic E-state index is 12.3. The molecule has 134 valence electrons. The molecular formula is C17H17N5O3S. The summed E-state index contributed by atoms with van der Waals surface area (Å²) in [5.74, 6) is 0. The molecule has 3 aromatic heterocycles. The Morgan fingerprint density at radius 3 is 2.96 bits per heavy atom. The minimum absolute atomic E-state index is 0.0308. The Morgan fingerprint density at radius 1 is 1.31 bits per heavy atom. The van der Waals surface area contributed by atoms with E-state index in [1.165, 1.54) is 6.07 Å². The molecule has 0 saturated heterocycles. The zero-order valence-electron chi connectivity index (χ0n) is 14.0. The summed E-state index contributed by atoms with van der Waals surface area (Å²) in [4.78, 5) is 9.05. The summed E-state index contributed by atoms with van der Waals surface area (Å²) < 4.78 is 28.8. The van der Waals surface area contributed by atoms with E-state index in [4.69, 9.17) is 5.11 Å². The number of aliphatic hydroxyl groups excluding tert-OH is 1. The lowest BCUT2D eigenvalue weighted by molar-refractivity contribution is 0.301. The van der Waals surface area contributed by atoms with Crippen molar-refractivity contribution in [2.45, 2.75) is 4.90 Å². The van der Waals surface area contributed by atoms with E-state index < -0.39 is 10.0 Å². The van der Waals surface area contributed by atoms with Crippen LogP contribution >= 0.6 is 0 Å². The molecule has 0 aliphatic heterocycles. The Kier molecular flexibility index (Phi) is 3.98. The number of aromatic amines is 1. The Hall–Kier alpha value is -2.75. The Morgan fingerprint density at radius 2 is 2.15 bits per heavy atom. The summed E-state index contributed by atoms with van der Waals surface area (Å²) in [6.07, 6.45) is 3.62. The molecule has 8 nitrogen and oxygen atoms in total. The van der Waals surface area contributed by atoms with Crippen LogP contribution in [0.3, 0.4) is 0 Å². The zero-order chi connectivity index (χ0) is 18.3. The van der Waals surface area contributed by atoms with Gasteiger partial charge in [-0.1, -0.05) is 12.1 Å². The number of benzene rings is 1. The molecule has 0 fully saturated rings. The molecular weight excluding hydrogens is 354 g/mol. The smallest absolute Gasteiger partial charge is 0.240 e. The minimum Gasteiger partial charge on any atom is -0.395 e. The van der Waals surface area contributed by atoms with E-state index in [2.05, 4.69) is 19.8 Å². The van der Waals surface area contributed by atoms with Gasteiger partial charge in [-0.3, -0.25) is 4.68 Å². The van der Waals surface area contributed by atoms with E-state index in [1.54, 1.807) is 24.4 Å². The van der Waals surface area contributed by atoms with Crippen molar-refractivity contribution in [2.75, 3.05) is 13.2 Å². The van der Waals surface area contributed by atoms with Gasteiger partial charge in [0.2, 0.25) is 10.0 Å². The first-order valence-corrected chi connectivity index (χ1v) is 9.48. The third-order valence-corrected chi connectivity index (χ3v) is 5.65. The van der Waals surface area contributed by atoms with Crippen LogP contribution in [-0.4, -0.2) is 46.4 Å². The summed E-state index contributed by atoms with van der Waals surface area (Å²) in [6, 6.07) is 8.46. The first kappa shape index (κ1) is 16.7.